The summed E-state index contributed by atoms with van der Waals surface area (Å²) >= 11 is 0. The highest BCUT2D eigenvalue weighted by atomic mass is 19.1. The van der Waals surface area contributed by atoms with Crippen molar-refractivity contribution < 1.29 is 23.8 Å². The van der Waals surface area contributed by atoms with E-state index in [1.54, 1.807) is 0 Å². The van der Waals surface area contributed by atoms with E-state index in [1.165, 1.54) is 0 Å². The maximum atomic E-state index is 12.2. The van der Waals surface area contributed by atoms with Gasteiger partial charge in [-0.05, 0) is 0 Å². The third kappa shape index (κ3) is 1.64. The summed E-state index contributed by atoms with van der Waals surface area (Å²) < 4.78 is 16.3. The van der Waals surface area contributed by atoms with Crippen LogP contribution < -0.4 is 0 Å². The number of aliphatic carboxylic acids is 1. The molecule has 1 aliphatic rings. The normalized spacial score (nSPS) is 19.9. The fourth-order valence-electron chi connectivity index (χ4n) is 0.562. The minimum Gasteiger partial charge on any atom is -0.478 e. The average Bonchev–Trinajstić information content (AvgIpc) is 2.10. The van der Waals surface area contributed by atoms with Gasteiger partial charge >= 0.3 is 11.9 Å². The number of carboxylic acids is 1. The molecule has 11 heavy (non-hydrogen) atoms. The minimum atomic E-state index is -1.29. The van der Waals surface area contributed by atoms with Gasteiger partial charge in [0.1, 0.15) is 5.76 Å². The van der Waals surface area contributed by atoms with E-state index in [0.717, 1.165) is 6.08 Å². The van der Waals surface area contributed by atoms with Crippen LogP contribution in [0.5, 0.6) is 0 Å². The quantitative estimate of drug-likeness (QED) is 0.442. The molecule has 1 N–H and O–H groups in total. The van der Waals surface area contributed by atoms with E-state index in [0.29, 0.717) is 6.08 Å². The molecule has 4 nitrogen and oxygen atoms in total. The third-order valence-corrected chi connectivity index (χ3v) is 0.940. The number of ether oxygens (including phenoxy) is 1. The topological polar surface area (TPSA) is 63.6 Å². The van der Waals surface area contributed by atoms with Crippen molar-refractivity contribution in [2.24, 2.45) is 0 Å². The largest absolute Gasteiger partial charge is 0.478 e. The van der Waals surface area contributed by atoms with E-state index in [2.05, 4.69) is 4.74 Å². The molecule has 0 aromatic heterocycles. The zero-order valence-corrected chi connectivity index (χ0v) is 5.20. The summed E-state index contributed by atoms with van der Waals surface area (Å²) in [5.74, 6) is -3.83. The van der Waals surface area contributed by atoms with Crippen molar-refractivity contribution >= 4 is 11.9 Å². The Bertz CT molecular complexity index is 276. The van der Waals surface area contributed by atoms with Gasteiger partial charge in [0, 0.05) is 6.08 Å². The second-order valence-electron chi connectivity index (χ2n) is 1.77. The number of rotatable bonds is 1. The van der Waals surface area contributed by atoms with E-state index in [-0.39, 0.29) is 5.76 Å². The first-order chi connectivity index (χ1) is 5.09. The fraction of sp³-hybridized carbons (Fsp3) is 0. The summed E-state index contributed by atoms with van der Waals surface area (Å²) in [4.78, 5) is 20.2. The highest BCUT2D eigenvalue weighted by Gasteiger charge is 2.21. The van der Waals surface area contributed by atoms with Crippen LogP contribution >= 0.6 is 0 Å². The summed E-state index contributed by atoms with van der Waals surface area (Å²) in [6, 6.07) is 0. The second kappa shape index (κ2) is 2.53. The van der Waals surface area contributed by atoms with Gasteiger partial charge in [0.05, 0.1) is 6.08 Å². The number of esters is 1. The summed E-state index contributed by atoms with van der Waals surface area (Å²) in [5, 5.41) is 8.13. The Hall–Kier alpha value is -1.65. The number of halogens is 1. The monoisotopic (exact) mass is 158 g/mol. The second-order valence-corrected chi connectivity index (χ2v) is 1.77. The van der Waals surface area contributed by atoms with Crippen LogP contribution in [-0.4, -0.2) is 17.0 Å². The first-order valence-electron chi connectivity index (χ1n) is 2.63. The average molecular weight is 158 g/mol. The molecule has 1 rings (SSSR count). The molecule has 0 spiro atoms. The maximum absolute atomic E-state index is 12.2. The molecule has 0 aliphatic carbocycles. The molecule has 0 bridgehead atoms. The number of carboxylic acid groups (broad SMARTS) is 1. The smallest absolute Gasteiger partial charge is 0.372 e. The zero-order valence-electron chi connectivity index (χ0n) is 5.20. The summed E-state index contributed by atoms with van der Waals surface area (Å²) in [5.41, 5.74) is 0. The first kappa shape index (κ1) is 7.46. The Balaban J connectivity index is 2.83. The zero-order chi connectivity index (χ0) is 8.43. The molecule has 0 saturated carbocycles. The van der Waals surface area contributed by atoms with Crippen molar-refractivity contribution in [3.8, 4) is 0 Å². The Labute approximate surface area is 60.6 Å². The molecule has 1 heterocycles. The maximum Gasteiger partial charge on any atom is 0.372 e. The highest BCUT2D eigenvalue weighted by molar-refractivity contribution is 5.92. The highest BCUT2D eigenvalue weighted by Crippen LogP contribution is 2.16. The Morgan fingerprint density at radius 3 is 2.73 bits per heavy atom. The number of hydrogen-bond donors (Lipinski definition) is 1. The van der Waals surface area contributed by atoms with Crippen molar-refractivity contribution in [2.45, 2.75) is 0 Å². The van der Waals surface area contributed by atoms with Gasteiger partial charge in [0.25, 0.3) is 0 Å². The summed E-state index contributed by atoms with van der Waals surface area (Å²) in [6.07, 6.45) is 1.32. The van der Waals surface area contributed by atoms with Crippen LogP contribution in [0.15, 0.2) is 23.7 Å². The van der Waals surface area contributed by atoms with Crippen molar-refractivity contribution in [2.75, 3.05) is 0 Å². The molecule has 0 aromatic rings. The van der Waals surface area contributed by atoms with Crippen LogP contribution in [0.4, 0.5) is 4.39 Å². The van der Waals surface area contributed by atoms with Crippen molar-refractivity contribution in [1.82, 2.24) is 0 Å². The van der Waals surface area contributed by atoms with Crippen molar-refractivity contribution in [3.63, 3.8) is 0 Å². The van der Waals surface area contributed by atoms with Crippen LogP contribution in [0.2, 0.25) is 0 Å². The molecule has 0 aromatic carbocycles. The number of hydrogen-bond acceptors (Lipinski definition) is 3. The minimum absolute atomic E-state index is 0.292. The number of carbonyl (C=O) groups excluding carboxylic acids is 1. The van der Waals surface area contributed by atoms with Gasteiger partial charge in [-0.25, -0.2) is 9.59 Å². The van der Waals surface area contributed by atoms with Gasteiger partial charge in [0.15, 0.2) is 0 Å². The standard InChI is InChI=1S/C6H3FO4/c7-4-1-3(2-5(8)9)11-6(4)10/h1-2H,(H,8,9)/b3-2-. The predicted octanol–water partition coefficient (Wildman–Crippen LogP) is 0.365. The van der Waals surface area contributed by atoms with E-state index in [1.807, 2.05) is 0 Å². The summed E-state index contributed by atoms with van der Waals surface area (Å²) in [6.45, 7) is 0. The number of carbonyl (C=O) groups is 2. The van der Waals surface area contributed by atoms with Crippen LogP contribution in [0.1, 0.15) is 0 Å². The van der Waals surface area contributed by atoms with Crippen LogP contribution in [0.25, 0.3) is 0 Å². The van der Waals surface area contributed by atoms with Gasteiger partial charge in [-0.3, -0.25) is 0 Å². The molecule has 0 saturated heterocycles. The first-order valence-corrected chi connectivity index (χ1v) is 2.63. The van der Waals surface area contributed by atoms with E-state index in [9.17, 15) is 14.0 Å². The van der Waals surface area contributed by atoms with Crippen LogP contribution in [0, 0.1) is 0 Å². The SMILES string of the molecule is O=C(O)/C=C1/C=C(F)C(=O)O1. The number of allylic oxidation sites excluding steroid dienone is 1. The van der Waals surface area contributed by atoms with Gasteiger partial charge in [0.2, 0.25) is 5.83 Å². The van der Waals surface area contributed by atoms with E-state index in [4.69, 9.17) is 5.11 Å². The molecule has 0 atom stereocenters. The lowest BCUT2D eigenvalue weighted by Crippen LogP contribution is -1.96. The molecule has 0 radical (unpaired) electrons. The molecule has 1 aliphatic heterocycles. The lowest BCUT2D eigenvalue weighted by molar-refractivity contribution is -0.134. The molecular formula is C6H3FO4. The molecular weight excluding hydrogens is 155 g/mol. The molecule has 0 amide bonds. The van der Waals surface area contributed by atoms with Gasteiger partial charge in [-0.15, -0.1) is 0 Å². The van der Waals surface area contributed by atoms with Crippen LogP contribution in [-0.2, 0) is 14.3 Å². The van der Waals surface area contributed by atoms with Gasteiger partial charge < -0.3 is 9.84 Å². The van der Waals surface area contributed by atoms with Crippen molar-refractivity contribution in [3.05, 3.63) is 23.7 Å². The molecule has 5 heteroatoms. The Kier molecular flexibility index (Phi) is 1.72. The van der Waals surface area contributed by atoms with Gasteiger partial charge in [-0.1, -0.05) is 0 Å². The predicted molar refractivity (Wildman–Crippen MR) is 31.0 cm³/mol. The van der Waals surface area contributed by atoms with Gasteiger partial charge in [-0.2, -0.15) is 4.39 Å². The Morgan fingerprint density at radius 2 is 2.36 bits per heavy atom. The Morgan fingerprint density at radius 1 is 1.73 bits per heavy atom. The number of cyclic esters (lactones) is 1. The van der Waals surface area contributed by atoms with E-state index >= 15 is 0 Å². The molecule has 58 valence electrons. The molecule has 0 fully saturated rings. The lowest BCUT2D eigenvalue weighted by atomic mass is 10.4. The van der Waals surface area contributed by atoms with Crippen molar-refractivity contribution in [1.29, 1.82) is 0 Å². The third-order valence-electron chi connectivity index (χ3n) is 0.940. The summed E-state index contributed by atoms with van der Waals surface area (Å²) in [7, 11) is 0. The van der Waals surface area contributed by atoms with E-state index < -0.39 is 17.8 Å². The lowest BCUT2D eigenvalue weighted by Gasteiger charge is -1.90. The molecule has 0 unspecified atom stereocenters. The van der Waals surface area contributed by atoms with Crippen LogP contribution in [0.3, 0.4) is 0 Å². The fourth-order valence-corrected chi connectivity index (χ4v) is 0.562.